The lowest BCUT2D eigenvalue weighted by Gasteiger charge is -2.23. The summed E-state index contributed by atoms with van der Waals surface area (Å²) in [7, 11) is -2.52. The van der Waals surface area contributed by atoms with E-state index in [1.54, 1.807) is 19.1 Å². The number of hydrogen-bond acceptors (Lipinski definition) is 5. The van der Waals surface area contributed by atoms with Gasteiger partial charge in [0.1, 0.15) is 12.3 Å². The SMILES string of the molecule is COc1ccc(C)cc1N(CC(=O)N/N=C\c1ccccc1C(F)(F)F)S(C)(=O)=O. The number of hydrazone groups is 1. The van der Waals surface area contributed by atoms with E-state index in [1.807, 2.05) is 0 Å². The molecular weight excluding hydrogens is 423 g/mol. The summed E-state index contributed by atoms with van der Waals surface area (Å²) in [5.74, 6) is -0.605. The molecule has 0 unspecified atom stereocenters. The number of aryl methyl sites for hydroxylation is 1. The van der Waals surface area contributed by atoms with Crippen LogP contribution < -0.4 is 14.5 Å². The first kappa shape index (κ1) is 23.2. The molecule has 0 saturated carbocycles. The lowest BCUT2D eigenvalue weighted by Crippen LogP contribution is -2.39. The molecule has 7 nitrogen and oxygen atoms in total. The number of alkyl halides is 3. The van der Waals surface area contributed by atoms with Crippen LogP contribution in [0.4, 0.5) is 18.9 Å². The fourth-order valence-corrected chi connectivity index (χ4v) is 3.44. The van der Waals surface area contributed by atoms with Gasteiger partial charge in [0.05, 0.1) is 30.8 Å². The zero-order valence-corrected chi connectivity index (χ0v) is 17.2. The molecule has 30 heavy (non-hydrogen) atoms. The molecule has 11 heteroatoms. The van der Waals surface area contributed by atoms with Crippen LogP contribution >= 0.6 is 0 Å². The summed E-state index contributed by atoms with van der Waals surface area (Å²) in [5, 5.41) is 3.53. The van der Waals surface area contributed by atoms with Crippen LogP contribution in [0, 0.1) is 6.92 Å². The largest absolute Gasteiger partial charge is 0.495 e. The fourth-order valence-electron chi connectivity index (χ4n) is 2.58. The molecule has 0 atom stereocenters. The van der Waals surface area contributed by atoms with Crippen molar-refractivity contribution in [3.63, 3.8) is 0 Å². The number of amides is 1. The van der Waals surface area contributed by atoms with Crippen molar-refractivity contribution in [1.82, 2.24) is 5.43 Å². The van der Waals surface area contributed by atoms with Gasteiger partial charge < -0.3 is 4.74 Å². The number of carbonyl (C=O) groups is 1. The van der Waals surface area contributed by atoms with Gasteiger partial charge in [-0.3, -0.25) is 9.10 Å². The molecule has 0 heterocycles. The number of methoxy groups -OCH3 is 1. The smallest absolute Gasteiger partial charge is 0.417 e. The number of ether oxygens (including phenoxy) is 1. The summed E-state index contributed by atoms with van der Waals surface area (Å²) in [6.45, 7) is 1.10. The van der Waals surface area contributed by atoms with Crippen LogP contribution in [-0.4, -0.2) is 40.4 Å². The lowest BCUT2D eigenvalue weighted by atomic mass is 10.1. The Morgan fingerprint density at radius 2 is 1.90 bits per heavy atom. The van der Waals surface area contributed by atoms with Crippen molar-refractivity contribution < 1.29 is 31.1 Å². The van der Waals surface area contributed by atoms with Gasteiger partial charge in [-0.2, -0.15) is 18.3 Å². The number of carbonyl (C=O) groups excluding carboxylic acids is 1. The Morgan fingerprint density at radius 3 is 2.50 bits per heavy atom. The molecular formula is C19H20F3N3O4S. The van der Waals surface area contributed by atoms with Crippen molar-refractivity contribution in [3.8, 4) is 5.75 Å². The third kappa shape index (κ3) is 5.96. The minimum Gasteiger partial charge on any atom is -0.495 e. The molecule has 0 aliphatic carbocycles. The molecule has 0 bridgehead atoms. The van der Waals surface area contributed by atoms with Crippen molar-refractivity contribution in [1.29, 1.82) is 0 Å². The standard InChI is InChI=1S/C19H20F3N3O4S/c1-13-8-9-17(29-2)16(10-13)25(30(3,27)28)12-18(26)24-23-11-14-6-4-5-7-15(14)19(20,21)22/h4-11H,12H2,1-3H3,(H,24,26)/b23-11-. The summed E-state index contributed by atoms with van der Waals surface area (Å²) in [6, 6.07) is 9.53. The highest BCUT2D eigenvalue weighted by molar-refractivity contribution is 7.92. The van der Waals surface area contributed by atoms with Gasteiger partial charge in [0, 0.05) is 5.56 Å². The van der Waals surface area contributed by atoms with Gasteiger partial charge in [-0.25, -0.2) is 13.8 Å². The highest BCUT2D eigenvalue weighted by atomic mass is 32.2. The number of anilines is 1. The zero-order chi connectivity index (χ0) is 22.5. The summed E-state index contributed by atoms with van der Waals surface area (Å²) >= 11 is 0. The summed E-state index contributed by atoms with van der Waals surface area (Å²) in [5.41, 5.74) is 1.79. The number of halogens is 3. The summed E-state index contributed by atoms with van der Waals surface area (Å²) < 4.78 is 69.4. The van der Waals surface area contributed by atoms with E-state index in [0.29, 0.717) is 0 Å². The molecule has 162 valence electrons. The fraction of sp³-hybridized carbons (Fsp3) is 0.263. The average Bonchev–Trinajstić information content (AvgIpc) is 2.65. The van der Waals surface area contributed by atoms with Crippen molar-refractivity contribution in [3.05, 3.63) is 59.2 Å². The van der Waals surface area contributed by atoms with Crippen molar-refractivity contribution in [2.24, 2.45) is 5.10 Å². The Balaban J connectivity index is 2.22. The zero-order valence-electron chi connectivity index (χ0n) is 16.4. The van der Waals surface area contributed by atoms with Crippen LogP contribution in [0.2, 0.25) is 0 Å². The van der Waals surface area contributed by atoms with Crippen LogP contribution in [0.15, 0.2) is 47.6 Å². The number of sulfonamides is 1. The second kappa shape index (κ2) is 9.16. The summed E-state index contributed by atoms with van der Waals surface area (Å²) in [4.78, 5) is 12.2. The number of benzene rings is 2. The van der Waals surface area contributed by atoms with Gasteiger partial charge in [-0.15, -0.1) is 0 Å². The van der Waals surface area contributed by atoms with E-state index in [0.717, 1.165) is 28.4 Å². The molecule has 0 fully saturated rings. The number of rotatable bonds is 7. The maximum absolute atomic E-state index is 13.0. The van der Waals surface area contributed by atoms with Crippen molar-refractivity contribution in [2.75, 3.05) is 24.2 Å². The Morgan fingerprint density at radius 1 is 1.23 bits per heavy atom. The van der Waals surface area contributed by atoms with E-state index in [1.165, 1.54) is 31.4 Å². The van der Waals surface area contributed by atoms with Crippen LogP contribution in [0.1, 0.15) is 16.7 Å². The lowest BCUT2D eigenvalue weighted by molar-refractivity contribution is -0.137. The van der Waals surface area contributed by atoms with E-state index < -0.39 is 34.2 Å². The van der Waals surface area contributed by atoms with E-state index in [9.17, 15) is 26.4 Å². The Bertz CT molecular complexity index is 1050. The average molecular weight is 443 g/mol. The van der Waals surface area contributed by atoms with Gasteiger partial charge >= 0.3 is 6.18 Å². The van der Waals surface area contributed by atoms with Crippen molar-refractivity contribution >= 4 is 27.8 Å². The van der Waals surface area contributed by atoms with E-state index in [-0.39, 0.29) is 17.0 Å². The number of hydrogen-bond donors (Lipinski definition) is 1. The van der Waals surface area contributed by atoms with E-state index in [2.05, 4.69) is 10.5 Å². The molecule has 0 radical (unpaired) electrons. The Kier molecular flexibility index (Phi) is 7.08. The van der Waals surface area contributed by atoms with E-state index in [4.69, 9.17) is 4.74 Å². The minimum atomic E-state index is -4.58. The highest BCUT2D eigenvalue weighted by Crippen LogP contribution is 2.32. The topological polar surface area (TPSA) is 88.1 Å². The van der Waals surface area contributed by atoms with Crippen LogP contribution in [0.25, 0.3) is 0 Å². The molecule has 1 N–H and O–H groups in total. The molecule has 2 rings (SSSR count). The highest BCUT2D eigenvalue weighted by Gasteiger charge is 2.32. The monoisotopic (exact) mass is 443 g/mol. The molecule has 0 saturated heterocycles. The molecule has 0 aliphatic heterocycles. The molecule has 0 spiro atoms. The number of nitrogens with one attached hydrogen (secondary N) is 1. The second-order valence-electron chi connectivity index (χ2n) is 6.32. The van der Waals surface area contributed by atoms with Gasteiger partial charge in [-0.1, -0.05) is 24.3 Å². The normalized spacial score (nSPS) is 12.1. The van der Waals surface area contributed by atoms with Gasteiger partial charge in [0.15, 0.2) is 0 Å². The maximum atomic E-state index is 13.0. The maximum Gasteiger partial charge on any atom is 0.417 e. The number of nitrogens with zero attached hydrogens (tertiary/aromatic N) is 2. The molecule has 0 aliphatic rings. The van der Waals surface area contributed by atoms with Crippen LogP contribution in [0.3, 0.4) is 0 Å². The van der Waals surface area contributed by atoms with Gasteiger partial charge in [-0.05, 0) is 30.7 Å². The first-order valence-corrected chi connectivity index (χ1v) is 10.4. The van der Waals surface area contributed by atoms with Gasteiger partial charge in [0.2, 0.25) is 10.0 Å². The van der Waals surface area contributed by atoms with Crippen LogP contribution in [-0.2, 0) is 21.0 Å². The second-order valence-corrected chi connectivity index (χ2v) is 8.23. The molecule has 1 amide bonds. The quantitative estimate of drug-likeness (QED) is 0.527. The third-order valence-corrected chi connectivity index (χ3v) is 5.08. The predicted molar refractivity (Wildman–Crippen MR) is 107 cm³/mol. The minimum absolute atomic E-state index is 0.154. The molecule has 2 aromatic rings. The predicted octanol–water partition coefficient (Wildman–Crippen LogP) is 2.94. The first-order chi connectivity index (χ1) is 13.9. The molecule has 2 aromatic carbocycles. The van der Waals surface area contributed by atoms with Crippen molar-refractivity contribution in [2.45, 2.75) is 13.1 Å². The summed E-state index contributed by atoms with van der Waals surface area (Å²) in [6.07, 6.45) is -2.81. The van der Waals surface area contributed by atoms with E-state index >= 15 is 0 Å². The van der Waals surface area contributed by atoms with Crippen LogP contribution in [0.5, 0.6) is 5.75 Å². The molecule has 0 aromatic heterocycles. The Labute approximate surface area is 172 Å². The first-order valence-electron chi connectivity index (χ1n) is 8.54. The Hall–Kier alpha value is -3.08. The third-order valence-electron chi connectivity index (χ3n) is 3.95. The van der Waals surface area contributed by atoms with Gasteiger partial charge in [0.25, 0.3) is 5.91 Å².